The van der Waals surface area contributed by atoms with Gasteiger partial charge in [0.2, 0.25) is 5.95 Å². The Labute approximate surface area is 194 Å². The summed E-state index contributed by atoms with van der Waals surface area (Å²) in [6, 6.07) is 22.4. The number of hydrogen-bond donors (Lipinski definition) is 1. The number of imide groups is 1. The zero-order valence-corrected chi connectivity index (χ0v) is 18.2. The lowest BCUT2D eigenvalue weighted by molar-refractivity contribution is 0.0696. The summed E-state index contributed by atoms with van der Waals surface area (Å²) in [6.07, 6.45) is -1.95. The van der Waals surface area contributed by atoms with E-state index >= 15 is 0 Å². The van der Waals surface area contributed by atoms with Gasteiger partial charge in [0.05, 0.1) is 16.6 Å². The highest BCUT2D eigenvalue weighted by Gasteiger charge is 2.31. The number of carboxylic acids is 1. The van der Waals surface area contributed by atoms with Crippen molar-refractivity contribution in [2.24, 2.45) is 7.05 Å². The van der Waals surface area contributed by atoms with E-state index in [0.717, 1.165) is 11.1 Å². The Morgan fingerprint density at radius 1 is 0.853 bits per heavy atom. The van der Waals surface area contributed by atoms with Gasteiger partial charge in [0, 0.05) is 7.05 Å². The first kappa shape index (κ1) is 22.5. The van der Waals surface area contributed by atoms with Crippen LogP contribution in [0.25, 0.3) is 11.0 Å². The summed E-state index contributed by atoms with van der Waals surface area (Å²) in [7, 11) is 1.60. The fourth-order valence-corrected chi connectivity index (χ4v) is 3.33. The molecule has 9 heteroatoms. The van der Waals surface area contributed by atoms with Crippen molar-refractivity contribution in [3.63, 3.8) is 0 Å². The Balaban J connectivity index is 1.64. The standard InChI is InChI=1S/C25H21N3O6/c1-27-21-13-12-19(22(29)30)14-20(21)26-23(27)28(24(31)33-15-17-8-4-2-5-9-17)25(32)34-16-18-10-6-3-7-11-18/h2-14H,15-16H2,1H3,(H,29,30). The molecule has 0 fully saturated rings. The minimum atomic E-state index is -1.12. The van der Waals surface area contributed by atoms with Gasteiger partial charge in [-0.3, -0.25) is 0 Å². The van der Waals surface area contributed by atoms with Crippen LogP contribution in [0.4, 0.5) is 15.5 Å². The molecule has 0 radical (unpaired) electrons. The van der Waals surface area contributed by atoms with Crippen LogP contribution in [0.5, 0.6) is 0 Å². The molecule has 0 bridgehead atoms. The number of fused-ring (bicyclic) bond motifs is 1. The van der Waals surface area contributed by atoms with Crippen molar-refractivity contribution >= 4 is 35.1 Å². The molecule has 2 amide bonds. The van der Waals surface area contributed by atoms with Crippen LogP contribution in [0, 0.1) is 0 Å². The van der Waals surface area contributed by atoms with Crippen LogP contribution in [0.1, 0.15) is 21.5 Å². The predicted octanol–water partition coefficient (Wildman–Crippen LogP) is 4.75. The van der Waals surface area contributed by atoms with Gasteiger partial charge in [-0.2, -0.15) is 0 Å². The number of imidazole rings is 1. The van der Waals surface area contributed by atoms with E-state index in [1.807, 2.05) is 12.1 Å². The number of anilines is 1. The number of nitrogens with zero attached hydrogens (tertiary/aromatic N) is 3. The van der Waals surface area contributed by atoms with Crippen molar-refractivity contribution in [1.82, 2.24) is 9.55 Å². The third kappa shape index (κ3) is 4.88. The Morgan fingerprint density at radius 3 is 1.88 bits per heavy atom. The number of amides is 2. The van der Waals surface area contributed by atoms with E-state index in [-0.39, 0.29) is 24.7 Å². The molecule has 0 spiro atoms. The third-order valence-corrected chi connectivity index (χ3v) is 5.08. The molecule has 1 heterocycles. The van der Waals surface area contributed by atoms with Crippen molar-refractivity contribution in [3.05, 3.63) is 95.6 Å². The summed E-state index contributed by atoms with van der Waals surface area (Å²) in [5, 5.41) is 9.27. The predicted molar refractivity (Wildman–Crippen MR) is 123 cm³/mol. The largest absolute Gasteiger partial charge is 0.478 e. The Hall–Kier alpha value is -4.66. The third-order valence-electron chi connectivity index (χ3n) is 5.08. The van der Waals surface area contributed by atoms with E-state index in [1.54, 1.807) is 61.6 Å². The second kappa shape index (κ2) is 9.86. The molecule has 4 rings (SSSR count). The van der Waals surface area contributed by atoms with Crippen LogP contribution in [0.15, 0.2) is 78.9 Å². The summed E-state index contributed by atoms with van der Waals surface area (Å²) in [6.45, 7) is -0.121. The number of aromatic nitrogens is 2. The maximum absolute atomic E-state index is 13.0. The number of aryl methyl sites for hydroxylation is 1. The molecule has 0 aliphatic heterocycles. The van der Waals surface area contributed by atoms with E-state index in [2.05, 4.69) is 4.98 Å². The molecular formula is C25H21N3O6. The van der Waals surface area contributed by atoms with Gasteiger partial charge in [-0.1, -0.05) is 60.7 Å². The second-order valence-corrected chi connectivity index (χ2v) is 7.40. The number of rotatable bonds is 6. The van der Waals surface area contributed by atoms with E-state index in [4.69, 9.17) is 9.47 Å². The summed E-state index contributed by atoms with van der Waals surface area (Å²) in [5.41, 5.74) is 2.34. The Morgan fingerprint density at radius 2 is 1.38 bits per heavy atom. The molecule has 4 aromatic rings. The van der Waals surface area contributed by atoms with Gasteiger partial charge in [0.25, 0.3) is 0 Å². The summed E-state index contributed by atoms with van der Waals surface area (Å²) < 4.78 is 12.2. The number of hydrogen-bond acceptors (Lipinski definition) is 6. The molecule has 0 saturated heterocycles. The minimum Gasteiger partial charge on any atom is -0.478 e. The SMILES string of the molecule is Cn1c(N(C(=O)OCc2ccccc2)C(=O)OCc2ccccc2)nc2cc(C(=O)O)ccc21. The summed E-state index contributed by atoms with van der Waals surface area (Å²) >= 11 is 0. The highest BCUT2D eigenvalue weighted by molar-refractivity contribution is 6.09. The van der Waals surface area contributed by atoms with Crippen molar-refractivity contribution < 1.29 is 29.0 Å². The minimum absolute atomic E-state index is 0.0296. The number of aromatic carboxylic acids is 1. The van der Waals surface area contributed by atoms with Gasteiger partial charge in [-0.15, -0.1) is 4.90 Å². The number of carbonyl (C=O) groups is 3. The van der Waals surface area contributed by atoms with Gasteiger partial charge >= 0.3 is 18.2 Å². The fraction of sp³-hybridized carbons (Fsp3) is 0.120. The van der Waals surface area contributed by atoms with Crippen LogP contribution >= 0.6 is 0 Å². The second-order valence-electron chi connectivity index (χ2n) is 7.40. The molecule has 9 nitrogen and oxygen atoms in total. The van der Waals surface area contributed by atoms with Crippen LogP contribution < -0.4 is 4.90 Å². The lowest BCUT2D eigenvalue weighted by Gasteiger charge is -2.19. The van der Waals surface area contributed by atoms with E-state index in [9.17, 15) is 19.5 Å². The van der Waals surface area contributed by atoms with Crippen molar-refractivity contribution in [3.8, 4) is 0 Å². The van der Waals surface area contributed by atoms with Gasteiger partial charge in [0.15, 0.2) is 0 Å². The van der Waals surface area contributed by atoms with Crippen LogP contribution in [-0.2, 0) is 29.7 Å². The van der Waals surface area contributed by atoms with Crippen LogP contribution in [0.3, 0.4) is 0 Å². The maximum atomic E-state index is 13.0. The van der Waals surface area contributed by atoms with Gasteiger partial charge in [-0.05, 0) is 29.3 Å². The fourth-order valence-electron chi connectivity index (χ4n) is 3.33. The molecule has 0 unspecified atom stereocenters. The molecule has 0 aliphatic rings. The van der Waals surface area contributed by atoms with Gasteiger partial charge in [0.1, 0.15) is 13.2 Å². The zero-order chi connectivity index (χ0) is 24.1. The number of ether oxygens (including phenoxy) is 2. The number of carbonyl (C=O) groups excluding carboxylic acids is 2. The van der Waals surface area contributed by atoms with Crippen molar-refractivity contribution in [2.45, 2.75) is 13.2 Å². The van der Waals surface area contributed by atoms with Gasteiger partial charge < -0.3 is 19.1 Å². The lowest BCUT2D eigenvalue weighted by atomic mass is 10.2. The molecular weight excluding hydrogens is 438 g/mol. The quantitative estimate of drug-likeness (QED) is 0.443. The highest BCUT2D eigenvalue weighted by Crippen LogP contribution is 2.24. The highest BCUT2D eigenvalue weighted by atomic mass is 16.6. The Kier molecular flexibility index (Phi) is 6.54. The van der Waals surface area contributed by atoms with E-state index < -0.39 is 18.2 Å². The zero-order valence-electron chi connectivity index (χ0n) is 18.2. The Bertz CT molecular complexity index is 1280. The monoisotopic (exact) mass is 459 g/mol. The molecule has 34 heavy (non-hydrogen) atoms. The van der Waals surface area contributed by atoms with Crippen molar-refractivity contribution in [1.29, 1.82) is 0 Å². The van der Waals surface area contributed by atoms with E-state index in [0.29, 0.717) is 15.9 Å². The number of carboxylic acid groups (broad SMARTS) is 1. The molecule has 0 atom stereocenters. The maximum Gasteiger partial charge on any atom is 0.426 e. The molecule has 172 valence electrons. The average Bonchev–Trinajstić information content (AvgIpc) is 3.18. The normalized spacial score (nSPS) is 10.6. The smallest absolute Gasteiger partial charge is 0.426 e. The van der Waals surface area contributed by atoms with Crippen LogP contribution in [-0.4, -0.2) is 32.8 Å². The molecule has 1 N–H and O–H groups in total. The topological polar surface area (TPSA) is 111 Å². The van der Waals surface area contributed by atoms with Gasteiger partial charge in [-0.25, -0.2) is 19.4 Å². The average molecular weight is 459 g/mol. The summed E-state index contributed by atoms with van der Waals surface area (Å²) in [4.78, 5) is 42.4. The first-order valence-corrected chi connectivity index (χ1v) is 10.4. The molecule has 0 aliphatic carbocycles. The molecule has 3 aromatic carbocycles. The lowest BCUT2D eigenvalue weighted by Crippen LogP contribution is -2.39. The first-order chi connectivity index (χ1) is 16.4. The molecule has 0 saturated carbocycles. The first-order valence-electron chi connectivity index (χ1n) is 10.4. The number of benzene rings is 3. The molecule has 1 aromatic heterocycles. The van der Waals surface area contributed by atoms with Crippen molar-refractivity contribution in [2.75, 3.05) is 4.90 Å². The van der Waals surface area contributed by atoms with Crippen LogP contribution in [0.2, 0.25) is 0 Å². The summed E-state index contributed by atoms with van der Waals surface area (Å²) in [5.74, 6) is -1.18. The van der Waals surface area contributed by atoms with E-state index in [1.165, 1.54) is 16.7 Å².